The Kier molecular flexibility index (Phi) is 6.02. The van der Waals surface area contributed by atoms with Crippen molar-refractivity contribution in [2.45, 2.75) is 13.0 Å². The summed E-state index contributed by atoms with van der Waals surface area (Å²) in [5.74, 6) is 2.00. The number of aromatic nitrogens is 2. The molecule has 0 radical (unpaired) electrons. The van der Waals surface area contributed by atoms with Crippen molar-refractivity contribution < 1.29 is 19.0 Å². The molecule has 0 bridgehead atoms. The van der Waals surface area contributed by atoms with E-state index in [1.807, 2.05) is 24.3 Å². The van der Waals surface area contributed by atoms with Crippen LogP contribution in [0.5, 0.6) is 17.2 Å². The predicted molar refractivity (Wildman–Crippen MR) is 115 cm³/mol. The third-order valence-electron chi connectivity index (χ3n) is 4.72. The van der Waals surface area contributed by atoms with Gasteiger partial charge in [-0.3, -0.25) is 4.79 Å². The summed E-state index contributed by atoms with van der Waals surface area (Å²) in [6.07, 6.45) is 0.549. The molecule has 0 atom stereocenters. The van der Waals surface area contributed by atoms with E-state index in [2.05, 4.69) is 15.7 Å². The number of amides is 2. The molecule has 31 heavy (non-hydrogen) atoms. The van der Waals surface area contributed by atoms with E-state index in [9.17, 15) is 9.59 Å². The molecular weight excluding hydrogens is 400 g/mol. The van der Waals surface area contributed by atoms with Gasteiger partial charge in [-0.1, -0.05) is 0 Å². The zero-order valence-corrected chi connectivity index (χ0v) is 17.0. The first-order valence-electron chi connectivity index (χ1n) is 9.79. The summed E-state index contributed by atoms with van der Waals surface area (Å²) in [6, 6.07) is 15.5. The number of carbonyl (C=O) groups excluding carboxylic acids is 1. The van der Waals surface area contributed by atoms with Crippen LogP contribution in [-0.2, 0) is 6.54 Å². The second kappa shape index (κ2) is 9.21. The molecule has 0 fully saturated rings. The van der Waals surface area contributed by atoms with Gasteiger partial charge in [-0.05, 0) is 48.9 Å². The number of ether oxygens (including phenoxy) is 3. The van der Waals surface area contributed by atoms with Gasteiger partial charge in [0.05, 0.1) is 12.8 Å². The molecule has 1 aliphatic heterocycles. The second-order valence-electron chi connectivity index (χ2n) is 6.81. The molecule has 1 aromatic heterocycles. The highest BCUT2D eigenvalue weighted by Crippen LogP contribution is 2.34. The van der Waals surface area contributed by atoms with E-state index in [4.69, 9.17) is 14.2 Å². The smallest absolute Gasteiger partial charge is 0.319 e. The molecule has 2 heterocycles. The third-order valence-corrected chi connectivity index (χ3v) is 4.72. The summed E-state index contributed by atoms with van der Waals surface area (Å²) in [5.41, 5.74) is 1.99. The molecule has 2 aromatic carbocycles. The van der Waals surface area contributed by atoms with Crippen LogP contribution >= 0.6 is 0 Å². The van der Waals surface area contributed by atoms with Crippen LogP contribution in [0.4, 0.5) is 10.5 Å². The molecule has 9 heteroatoms. The molecule has 0 spiro atoms. The first-order valence-corrected chi connectivity index (χ1v) is 9.79. The molecule has 0 saturated heterocycles. The van der Waals surface area contributed by atoms with Gasteiger partial charge in [0.15, 0.2) is 11.5 Å². The van der Waals surface area contributed by atoms with E-state index in [0.717, 1.165) is 11.3 Å². The molecule has 9 nitrogen and oxygen atoms in total. The van der Waals surface area contributed by atoms with Gasteiger partial charge in [0, 0.05) is 36.5 Å². The van der Waals surface area contributed by atoms with Crippen molar-refractivity contribution in [3.63, 3.8) is 0 Å². The molecule has 3 aromatic rings. The third kappa shape index (κ3) is 4.95. The predicted octanol–water partition coefficient (Wildman–Crippen LogP) is 2.86. The Morgan fingerprint density at radius 3 is 2.71 bits per heavy atom. The molecule has 0 aliphatic carbocycles. The maximum Gasteiger partial charge on any atom is 0.319 e. The number of anilines is 1. The fraction of sp³-hybridized carbons (Fsp3) is 0.227. The summed E-state index contributed by atoms with van der Waals surface area (Å²) in [6.45, 7) is 0.947. The van der Waals surface area contributed by atoms with Crippen LogP contribution in [0.25, 0.3) is 11.3 Å². The zero-order chi connectivity index (χ0) is 21.6. The molecule has 160 valence electrons. The van der Waals surface area contributed by atoms with Gasteiger partial charge in [-0.2, -0.15) is 5.10 Å². The van der Waals surface area contributed by atoms with Crippen molar-refractivity contribution >= 4 is 11.7 Å². The van der Waals surface area contributed by atoms with Crippen molar-refractivity contribution in [2.24, 2.45) is 0 Å². The van der Waals surface area contributed by atoms with Gasteiger partial charge in [0.1, 0.15) is 5.75 Å². The lowest BCUT2D eigenvalue weighted by molar-refractivity contribution is 0.174. The van der Waals surface area contributed by atoms with Crippen molar-refractivity contribution in [1.82, 2.24) is 15.1 Å². The summed E-state index contributed by atoms with van der Waals surface area (Å²) in [5, 5.41) is 9.93. The fourth-order valence-electron chi connectivity index (χ4n) is 3.11. The van der Waals surface area contributed by atoms with Crippen molar-refractivity contribution in [3.05, 3.63) is 65.0 Å². The van der Waals surface area contributed by atoms with Gasteiger partial charge in [0.2, 0.25) is 6.79 Å². The zero-order valence-electron chi connectivity index (χ0n) is 17.0. The van der Waals surface area contributed by atoms with E-state index in [1.165, 1.54) is 10.7 Å². The van der Waals surface area contributed by atoms with E-state index in [1.54, 1.807) is 31.4 Å². The minimum atomic E-state index is -0.342. The van der Waals surface area contributed by atoms with Crippen LogP contribution in [0.1, 0.15) is 6.42 Å². The summed E-state index contributed by atoms with van der Waals surface area (Å²) >= 11 is 0. The highest BCUT2D eigenvalue weighted by molar-refractivity contribution is 5.89. The Balaban J connectivity index is 1.29. The van der Waals surface area contributed by atoms with E-state index in [-0.39, 0.29) is 18.4 Å². The number of fused-ring (bicyclic) bond motifs is 1. The monoisotopic (exact) mass is 422 g/mol. The summed E-state index contributed by atoms with van der Waals surface area (Å²) < 4.78 is 17.1. The van der Waals surface area contributed by atoms with Crippen LogP contribution in [-0.4, -0.2) is 36.3 Å². The fourth-order valence-corrected chi connectivity index (χ4v) is 3.11. The minimum Gasteiger partial charge on any atom is -0.497 e. The summed E-state index contributed by atoms with van der Waals surface area (Å²) in [4.78, 5) is 24.2. The lowest BCUT2D eigenvalue weighted by Crippen LogP contribution is -2.31. The normalized spacial score (nSPS) is 11.8. The number of nitrogens with zero attached hydrogens (tertiary/aromatic N) is 2. The average Bonchev–Trinajstić information content (AvgIpc) is 3.26. The Morgan fingerprint density at radius 2 is 1.90 bits per heavy atom. The van der Waals surface area contributed by atoms with Crippen molar-refractivity contribution in [3.8, 4) is 28.5 Å². The van der Waals surface area contributed by atoms with Crippen LogP contribution < -0.4 is 30.4 Å². The summed E-state index contributed by atoms with van der Waals surface area (Å²) in [7, 11) is 1.61. The van der Waals surface area contributed by atoms with Gasteiger partial charge in [0.25, 0.3) is 5.56 Å². The number of aryl methyl sites for hydroxylation is 1. The Bertz CT molecular complexity index is 1130. The van der Waals surface area contributed by atoms with E-state index < -0.39 is 0 Å². The highest BCUT2D eigenvalue weighted by atomic mass is 16.7. The number of methoxy groups -OCH3 is 1. The standard InChI is InChI=1S/C22H22N4O5/c1-29-17-6-3-15(4-7-17)18-8-10-21(27)26(25-18)12-2-11-23-22(28)24-16-5-9-19-20(13-16)31-14-30-19/h3-10,13H,2,11-12,14H2,1H3,(H2,23,24,28). The van der Waals surface area contributed by atoms with Crippen LogP contribution in [0.2, 0.25) is 0 Å². The first-order chi connectivity index (χ1) is 15.1. The lowest BCUT2D eigenvalue weighted by Gasteiger charge is -2.10. The van der Waals surface area contributed by atoms with Gasteiger partial charge in [-0.15, -0.1) is 0 Å². The van der Waals surface area contributed by atoms with E-state index >= 15 is 0 Å². The molecule has 2 N–H and O–H groups in total. The lowest BCUT2D eigenvalue weighted by atomic mass is 10.1. The largest absolute Gasteiger partial charge is 0.497 e. The van der Waals surface area contributed by atoms with Crippen molar-refractivity contribution in [1.29, 1.82) is 0 Å². The average molecular weight is 422 g/mol. The van der Waals surface area contributed by atoms with Crippen molar-refractivity contribution in [2.75, 3.05) is 25.8 Å². The van der Waals surface area contributed by atoms with Crippen LogP contribution in [0, 0.1) is 0 Å². The quantitative estimate of drug-likeness (QED) is 0.568. The molecule has 0 saturated carbocycles. The number of carbonyl (C=O) groups is 1. The van der Waals surface area contributed by atoms with Gasteiger partial charge < -0.3 is 24.8 Å². The minimum absolute atomic E-state index is 0.179. The number of hydrogen-bond donors (Lipinski definition) is 2. The number of rotatable bonds is 7. The topological polar surface area (TPSA) is 104 Å². The SMILES string of the molecule is COc1ccc(-c2ccc(=O)n(CCCNC(=O)Nc3ccc4c(c3)OCO4)n2)cc1. The Hall–Kier alpha value is -4.01. The number of urea groups is 1. The number of benzene rings is 2. The van der Waals surface area contributed by atoms with Gasteiger partial charge >= 0.3 is 6.03 Å². The maximum absolute atomic E-state index is 12.1. The van der Waals surface area contributed by atoms with Crippen LogP contribution in [0.3, 0.4) is 0 Å². The molecule has 2 amide bonds. The van der Waals surface area contributed by atoms with Gasteiger partial charge in [-0.25, -0.2) is 9.48 Å². The highest BCUT2D eigenvalue weighted by Gasteiger charge is 2.14. The van der Waals surface area contributed by atoms with Crippen LogP contribution in [0.15, 0.2) is 59.4 Å². The van der Waals surface area contributed by atoms with E-state index in [0.29, 0.717) is 42.4 Å². The molecule has 1 aliphatic rings. The molecule has 0 unspecified atom stereocenters. The first kappa shape index (κ1) is 20.3. The Labute approximate surface area is 178 Å². The molecule has 4 rings (SSSR count). The number of nitrogens with one attached hydrogen (secondary N) is 2. The molecular formula is C22H22N4O5. The maximum atomic E-state index is 12.1. The second-order valence-corrected chi connectivity index (χ2v) is 6.81. The number of hydrogen-bond acceptors (Lipinski definition) is 6. The Morgan fingerprint density at radius 1 is 1.10 bits per heavy atom.